The first-order valence-corrected chi connectivity index (χ1v) is 6.84. The number of aromatic nitrogens is 3. The Labute approximate surface area is 101 Å². The molecule has 3 rings (SSSR count). The van der Waals surface area contributed by atoms with E-state index in [1.165, 1.54) is 25.1 Å². The maximum Gasteiger partial charge on any atom is 0.147 e. The molecule has 1 aromatic heterocycles. The van der Waals surface area contributed by atoms with E-state index in [1.54, 1.807) is 0 Å². The fourth-order valence-corrected chi connectivity index (χ4v) is 3.34. The highest BCUT2D eigenvalue weighted by Crippen LogP contribution is 2.57. The van der Waals surface area contributed by atoms with Crippen LogP contribution in [0, 0.1) is 11.8 Å². The van der Waals surface area contributed by atoms with Crippen molar-refractivity contribution in [3.05, 3.63) is 11.6 Å². The Kier molecular flexibility index (Phi) is 2.66. The molecule has 2 aliphatic carbocycles. The van der Waals surface area contributed by atoms with E-state index in [0.29, 0.717) is 11.8 Å². The molecule has 4 heteroatoms. The van der Waals surface area contributed by atoms with Crippen LogP contribution in [-0.4, -0.2) is 14.8 Å². The summed E-state index contributed by atoms with van der Waals surface area (Å²) in [5.74, 6) is 5.27. The smallest absolute Gasteiger partial charge is 0.147 e. The van der Waals surface area contributed by atoms with Gasteiger partial charge >= 0.3 is 0 Å². The van der Waals surface area contributed by atoms with Crippen molar-refractivity contribution in [2.24, 2.45) is 11.8 Å². The molecular weight excluding hydrogens is 222 g/mol. The first-order valence-electron chi connectivity index (χ1n) is 6.31. The molecule has 0 N–H and O–H groups in total. The molecule has 88 valence electrons. The molecule has 0 radical (unpaired) electrons. The van der Waals surface area contributed by atoms with Crippen LogP contribution < -0.4 is 0 Å². The molecule has 1 aromatic rings. The van der Waals surface area contributed by atoms with E-state index >= 15 is 0 Å². The highest BCUT2D eigenvalue weighted by atomic mass is 35.5. The highest BCUT2D eigenvalue weighted by Gasteiger charge is 2.47. The second-order valence-electron chi connectivity index (χ2n) is 5.18. The fourth-order valence-electron chi connectivity index (χ4n) is 3.14. The van der Waals surface area contributed by atoms with Crippen LogP contribution in [0.5, 0.6) is 0 Å². The number of rotatable bonds is 4. The molecule has 0 aliphatic heterocycles. The van der Waals surface area contributed by atoms with E-state index in [1.807, 2.05) is 0 Å². The predicted octanol–water partition coefficient (Wildman–Crippen LogP) is 2.94. The first kappa shape index (κ1) is 10.6. The second kappa shape index (κ2) is 4.02. The van der Waals surface area contributed by atoms with Crippen LogP contribution in [0.1, 0.15) is 50.2 Å². The predicted molar refractivity (Wildman–Crippen MR) is 63.4 cm³/mol. The van der Waals surface area contributed by atoms with Crippen LogP contribution in [0.2, 0.25) is 0 Å². The molecule has 0 amide bonds. The molecule has 2 saturated carbocycles. The Bertz CT molecular complexity index is 378. The quantitative estimate of drug-likeness (QED) is 0.757. The lowest BCUT2D eigenvalue weighted by Crippen LogP contribution is -2.10. The van der Waals surface area contributed by atoms with Crippen LogP contribution in [0.4, 0.5) is 0 Å². The van der Waals surface area contributed by atoms with Crippen LogP contribution in [0.3, 0.4) is 0 Å². The zero-order chi connectivity index (χ0) is 11.1. The number of fused-ring (bicyclic) bond motifs is 1. The van der Waals surface area contributed by atoms with Gasteiger partial charge in [-0.3, -0.25) is 0 Å². The van der Waals surface area contributed by atoms with Gasteiger partial charge in [0.1, 0.15) is 11.6 Å². The molecule has 3 nitrogen and oxygen atoms in total. The lowest BCUT2D eigenvalue weighted by molar-refractivity contribution is 0.530. The Hall–Kier alpha value is -0.570. The van der Waals surface area contributed by atoms with Crippen LogP contribution in [-0.2, 0) is 12.4 Å². The molecule has 16 heavy (non-hydrogen) atoms. The maximum absolute atomic E-state index is 5.90. The van der Waals surface area contributed by atoms with Gasteiger partial charge in [0.2, 0.25) is 0 Å². The zero-order valence-corrected chi connectivity index (χ0v) is 10.5. The SMILES string of the molecule is CCCn1c(CCl)nnc1C1CC2CC2C1. The molecule has 2 unspecified atom stereocenters. The number of alkyl halides is 1. The van der Waals surface area contributed by atoms with Gasteiger partial charge in [0.05, 0.1) is 5.88 Å². The van der Waals surface area contributed by atoms with Crippen LogP contribution in [0.15, 0.2) is 0 Å². The van der Waals surface area contributed by atoms with E-state index in [0.717, 1.165) is 30.6 Å². The van der Waals surface area contributed by atoms with Crippen molar-refractivity contribution in [1.29, 1.82) is 0 Å². The van der Waals surface area contributed by atoms with E-state index < -0.39 is 0 Å². The summed E-state index contributed by atoms with van der Waals surface area (Å²) in [4.78, 5) is 0. The van der Waals surface area contributed by atoms with Gasteiger partial charge in [-0.05, 0) is 37.5 Å². The Morgan fingerprint density at radius 2 is 2.00 bits per heavy atom. The monoisotopic (exact) mass is 239 g/mol. The summed E-state index contributed by atoms with van der Waals surface area (Å²) in [5, 5.41) is 8.59. The minimum Gasteiger partial charge on any atom is -0.314 e. The van der Waals surface area contributed by atoms with Crippen molar-refractivity contribution in [1.82, 2.24) is 14.8 Å². The lowest BCUT2D eigenvalue weighted by atomic mass is 10.0. The molecule has 0 spiro atoms. The summed E-state index contributed by atoms with van der Waals surface area (Å²) in [6.07, 6.45) is 5.24. The van der Waals surface area contributed by atoms with Crippen molar-refractivity contribution in [2.45, 2.75) is 50.9 Å². The molecule has 2 atom stereocenters. The van der Waals surface area contributed by atoms with Crippen molar-refractivity contribution in [3.8, 4) is 0 Å². The lowest BCUT2D eigenvalue weighted by Gasteiger charge is -2.13. The van der Waals surface area contributed by atoms with Gasteiger partial charge in [-0.15, -0.1) is 21.8 Å². The molecule has 2 aliphatic rings. The number of nitrogens with zero attached hydrogens (tertiary/aromatic N) is 3. The van der Waals surface area contributed by atoms with E-state index in [9.17, 15) is 0 Å². The highest BCUT2D eigenvalue weighted by molar-refractivity contribution is 6.16. The number of hydrogen-bond donors (Lipinski definition) is 0. The molecule has 2 fully saturated rings. The summed E-state index contributed by atoms with van der Waals surface area (Å²) in [6.45, 7) is 3.20. The van der Waals surface area contributed by atoms with Crippen molar-refractivity contribution >= 4 is 11.6 Å². The molecule has 1 heterocycles. The number of hydrogen-bond acceptors (Lipinski definition) is 2. The average Bonchev–Trinajstić information content (AvgIpc) is 2.76. The normalized spacial score (nSPS) is 31.8. The van der Waals surface area contributed by atoms with Crippen molar-refractivity contribution in [3.63, 3.8) is 0 Å². The zero-order valence-electron chi connectivity index (χ0n) is 9.69. The van der Waals surface area contributed by atoms with Gasteiger partial charge in [-0.25, -0.2) is 0 Å². The summed E-state index contributed by atoms with van der Waals surface area (Å²) in [7, 11) is 0. The third-order valence-corrected chi connectivity index (χ3v) is 4.27. The minimum atomic E-state index is 0.479. The summed E-state index contributed by atoms with van der Waals surface area (Å²) >= 11 is 5.90. The van der Waals surface area contributed by atoms with E-state index in [-0.39, 0.29) is 0 Å². The van der Waals surface area contributed by atoms with Gasteiger partial charge in [-0.2, -0.15) is 0 Å². The summed E-state index contributed by atoms with van der Waals surface area (Å²) in [6, 6.07) is 0. The minimum absolute atomic E-state index is 0.479. The van der Waals surface area contributed by atoms with Crippen molar-refractivity contribution < 1.29 is 0 Å². The first-order chi connectivity index (χ1) is 7.83. The molecule has 0 saturated heterocycles. The van der Waals surface area contributed by atoms with Gasteiger partial charge in [-0.1, -0.05) is 6.92 Å². The summed E-state index contributed by atoms with van der Waals surface area (Å²) < 4.78 is 2.25. The molecular formula is C12H18ClN3. The summed E-state index contributed by atoms with van der Waals surface area (Å²) in [5.41, 5.74) is 0. The maximum atomic E-state index is 5.90. The third-order valence-electron chi connectivity index (χ3n) is 4.03. The van der Waals surface area contributed by atoms with Crippen molar-refractivity contribution in [2.75, 3.05) is 0 Å². The largest absolute Gasteiger partial charge is 0.314 e. The number of halogens is 1. The second-order valence-corrected chi connectivity index (χ2v) is 5.45. The van der Waals surface area contributed by atoms with Gasteiger partial charge in [0.25, 0.3) is 0 Å². The van der Waals surface area contributed by atoms with Crippen LogP contribution >= 0.6 is 11.6 Å². The fraction of sp³-hybridized carbons (Fsp3) is 0.833. The van der Waals surface area contributed by atoms with Gasteiger partial charge < -0.3 is 4.57 Å². The van der Waals surface area contributed by atoms with Gasteiger partial charge in [0.15, 0.2) is 0 Å². The topological polar surface area (TPSA) is 30.7 Å². The van der Waals surface area contributed by atoms with E-state index in [4.69, 9.17) is 11.6 Å². The van der Waals surface area contributed by atoms with E-state index in [2.05, 4.69) is 21.7 Å². The molecule has 0 aromatic carbocycles. The average molecular weight is 240 g/mol. The standard InChI is InChI=1S/C12H18ClN3/c1-2-3-16-11(7-13)14-15-12(16)10-5-8-4-9(8)6-10/h8-10H,2-7H2,1H3. The Morgan fingerprint density at radius 1 is 1.25 bits per heavy atom. The van der Waals surface area contributed by atoms with Gasteiger partial charge in [0, 0.05) is 12.5 Å². The molecule has 0 bridgehead atoms. The Morgan fingerprint density at radius 3 is 2.62 bits per heavy atom. The Balaban J connectivity index is 1.84. The van der Waals surface area contributed by atoms with Crippen LogP contribution in [0.25, 0.3) is 0 Å². The third kappa shape index (κ3) is 1.65.